The lowest BCUT2D eigenvalue weighted by Crippen LogP contribution is -2.27. The number of hydrogen-bond acceptors (Lipinski definition) is 3. The average molecular weight is 265 g/mol. The molecule has 0 saturated carbocycles. The lowest BCUT2D eigenvalue weighted by atomic mass is 10.1. The third-order valence-electron chi connectivity index (χ3n) is 2.54. The van der Waals surface area contributed by atoms with Crippen LogP contribution >= 0.6 is 0 Å². The van der Waals surface area contributed by atoms with Crippen molar-refractivity contribution >= 4 is 12.1 Å². The maximum Gasteiger partial charge on any atom is 0.412 e. The van der Waals surface area contributed by atoms with Gasteiger partial charge in [0, 0.05) is 13.0 Å². The summed E-state index contributed by atoms with van der Waals surface area (Å²) in [6.07, 6.45) is 3.02. The van der Waals surface area contributed by atoms with Crippen LogP contribution in [0, 0.1) is 0 Å². The average Bonchev–Trinajstić information content (AvgIpc) is 2.38. The summed E-state index contributed by atoms with van der Waals surface area (Å²) in [6, 6.07) is 8.87. The summed E-state index contributed by atoms with van der Waals surface area (Å²) >= 11 is 0. The number of para-hydroxylation sites is 1. The van der Waals surface area contributed by atoms with E-state index in [4.69, 9.17) is 9.84 Å². The van der Waals surface area contributed by atoms with Gasteiger partial charge in [-0.05, 0) is 25.0 Å². The Bertz CT molecular complexity index is 392. The van der Waals surface area contributed by atoms with E-state index >= 15 is 0 Å². The normalized spacial score (nSPS) is 9.89. The van der Waals surface area contributed by atoms with E-state index in [0.717, 1.165) is 19.3 Å². The molecule has 1 aromatic rings. The van der Waals surface area contributed by atoms with Crippen LogP contribution in [0.2, 0.25) is 0 Å². The highest BCUT2D eigenvalue weighted by Gasteiger charge is 2.02. The van der Waals surface area contributed by atoms with E-state index in [-0.39, 0.29) is 6.42 Å². The summed E-state index contributed by atoms with van der Waals surface area (Å²) in [7, 11) is 0. The van der Waals surface area contributed by atoms with Gasteiger partial charge in [-0.15, -0.1) is 0 Å². The molecule has 2 N–H and O–H groups in total. The second kappa shape index (κ2) is 8.97. The van der Waals surface area contributed by atoms with E-state index < -0.39 is 12.1 Å². The molecule has 5 heteroatoms. The first kappa shape index (κ1) is 15.0. The van der Waals surface area contributed by atoms with Crippen molar-refractivity contribution in [3.63, 3.8) is 0 Å². The molecule has 0 aliphatic heterocycles. The van der Waals surface area contributed by atoms with Gasteiger partial charge in [0.05, 0.1) is 0 Å². The minimum Gasteiger partial charge on any atom is -0.481 e. The highest BCUT2D eigenvalue weighted by molar-refractivity contribution is 5.70. The van der Waals surface area contributed by atoms with Gasteiger partial charge in [-0.2, -0.15) is 0 Å². The number of carbonyl (C=O) groups excluding carboxylic acids is 1. The maximum atomic E-state index is 11.4. The molecule has 0 radical (unpaired) electrons. The van der Waals surface area contributed by atoms with Gasteiger partial charge in [0.25, 0.3) is 0 Å². The molecule has 0 aliphatic rings. The molecule has 19 heavy (non-hydrogen) atoms. The number of benzene rings is 1. The van der Waals surface area contributed by atoms with E-state index in [9.17, 15) is 9.59 Å². The van der Waals surface area contributed by atoms with Crippen LogP contribution in [0.3, 0.4) is 0 Å². The Morgan fingerprint density at radius 1 is 1.05 bits per heavy atom. The molecule has 0 saturated heterocycles. The van der Waals surface area contributed by atoms with Crippen LogP contribution in [-0.4, -0.2) is 23.7 Å². The minimum absolute atomic E-state index is 0.212. The Balaban J connectivity index is 2.00. The smallest absolute Gasteiger partial charge is 0.412 e. The number of carboxylic acid groups (broad SMARTS) is 1. The number of unbranched alkanes of at least 4 members (excludes halogenated alkanes) is 3. The molecule has 0 atom stereocenters. The molecule has 5 nitrogen and oxygen atoms in total. The number of carbonyl (C=O) groups is 2. The standard InChI is InChI=1S/C14H19NO4/c16-13(17)10-6-1-2-7-11-15-14(18)19-12-8-4-3-5-9-12/h3-5,8-9H,1-2,6-7,10-11H2,(H,15,18)(H,16,17). The van der Waals surface area contributed by atoms with E-state index in [1.54, 1.807) is 24.3 Å². The van der Waals surface area contributed by atoms with Gasteiger partial charge in [-0.1, -0.05) is 31.0 Å². The molecule has 0 aliphatic carbocycles. The molecule has 1 aromatic carbocycles. The van der Waals surface area contributed by atoms with Crippen LogP contribution in [0.4, 0.5) is 4.79 Å². The molecule has 0 aromatic heterocycles. The molecule has 0 bridgehead atoms. The van der Waals surface area contributed by atoms with Crippen molar-refractivity contribution in [3.05, 3.63) is 30.3 Å². The summed E-state index contributed by atoms with van der Waals surface area (Å²) in [5.74, 6) is -0.244. The topological polar surface area (TPSA) is 75.6 Å². The van der Waals surface area contributed by atoms with Gasteiger partial charge >= 0.3 is 12.1 Å². The largest absolute Gasteiger partial charge is 0.481 e. The molecule has 1 rings (SSSR count). The number of ether oxygens (including phenoxy) is 1. The molecular weight excluding hydrogens is 246 g/mol. The first-order chi connectivity index (χ1) is 9.18. The molecule has 0 heterocycles. The number of aliphatic carboxylic acids is 1. The van der Waals surface area contributed by atoms with Crippen molar-refractivity contribution in [2.24, 2.45) is 0 Å². The van der Waals surface area contributed by atoms with Crippen LogP contribution in [0.25, 0.3) is 0 Å². The number of carboxylic acids is 1. The lowest BCUT2D eigenvalue weighted by Gasteiger charge is -2.06. The highest BCUT2D eigenvalue weighted by Crippen LogP contribution is 2.08. The highest BCUT2D eigenvalue weighted by atomic mass is 16.6. The van der Waals surface area contributed by atoms with E-state index in [2.05, 4.69) is 5.32 Å². The minimum atomic E-state index is -0.760. The molecule has 104 valence electrons. The Kier molecular flexibility index (Phi) is 7.09. The quantitative estimate of drug-likeness (QED) is 0.709. The van der Waals surface area contributed by atoms with Crippen molar-refractivity contribution < 1.29 is 19.4 Å². The summed E-state index contributed by atoms with van der Waals surface area (Å²) < 4.78 is 5.05. The molecule has 0 spiro atoms. The zero-order valence-corrected chi connectivity index (χ0v) is 10.8. The predicted molar refractivity (Wildman–Crippen MR) is 71.2 cm³/mol. The summed E-state index contributed by atoms with van der Waals surface area (Å²) in [4.78, 5) is 21.7. The van der Waals surface area contributed by atoms with Gasteiger partial charge in [-0.25, -0.2) is 4.79 Å². The lowest BCUT2D eigenvalue weighted by molar-refractivity contribution is -0.137. The second-order valence-electron chi connectivity index (χ2n) is 4.19. The Morgan fingerprint density at radius 2 is 1.74 bits per heavy atom. The van der Waals surface area contributed by atoms with Gasteiger partial charge in [-0.3, -0.25) is 4.79 Å². The Labute approximate surface area is 112 Å². The molecule has 1 amide bonds. The predicted octanol–water partition coefficient (Wildman–Crippen LogP) is 2.81. The third kappa shape index (κ3) is 7.81. The van der Waals surface area contributed by atoms with Crippen molar-refractivity contribution in [3.8, 4) is 5.75 Å². The third-order valence-corrected chi connectivity index (χ3v) is 2.54. The van der Waals surface area contributed by atoms with Gasteiger partial charge in [0.1, 0.15) is 5.75 Å². The molecule has 0 unspecified atom stereocenters. The van der Waals surface area contributed by atoms with Crippen molar-refractivity contribution in [1.29, 1.82) is 0 Å². The number of amides is 1. The first-order valence-electron chi connectivity index (χ1n) is 6.41. The fourth-order valence-corrected chi connectivity index (χ4v) is 1.58. The number of nitrogens with one attached hydrogen (secondary N) is 1. The van der Waals surface area contributed by atoms with Gasteiger partial charge in [0.2, 0.25) is 0 Å². The van der Waals surface area contributed by atoms with Crippen molar-refractivity contribution in [1.82, 2.24) is 5.32 Å². The second-order valence-corrected chi connectivity index (χ2v) is 4.19. The van der Waals surface area contributed by atoms with Crippen LogP contribution in [0.15, 0.2) is 30.3 Å². The van der Waals surface area contributed by atoms with Crippen LogP contribution < -0.4 is 10.1 Å². The summed E-state index contributed by atoms with van der Waals surface area (Å²) in [5, 5.41) is 11.1. The van der Waals surface area contributed by atoms with E-state index in [0.29, 0.717) is 18.7 Å². The summed E-state index contributed by atoms with van der Waals surface area (Å²) in [5.41, 5.74) is 0. The maximum absolute atomic E-state index is 11.4. The van der Waals surface area contributed by atoms with Crippen molar-refractivity contribution in [2.75, 3.05) is 6.54 Å². The SMILES string of the molecule is O=C(O)CCCCCCNC(=O)Oc1ccccc1. The van der Waals surface area contributed by atoms with E-state index in [1.807, 2.05) is 6.07 Å². The van der Waals surface area contributed by atoms with Crippen LogP contribution in [-0.2, 0) is 4.79 Å². The van der Waals surface area contributed by atoms with Gasteiger partial charge in [0.15, 0.2) is 0 Å². The summed E-state index contributed by atoms with van der Waals surface area (Å²) in [6.45, 7) is 0.540. The number of hydrogen-bond donors (Lipinski definition) is 2. The first-order valence-corrected chi connectivity index (χ1v) is 6.41. The van der Waals surface area contributed by atoms with Gasteiger partial charge < -0.3 is 15.2 Å². The fourth-order valence-electron chi connectivity index (χ4n) is 1.58. The Morgan fingerprint density at radius 3 is 2.42 bits per heavy atom. The molecule has 0 fully saturated rings. The Hall–Kier alpha value is -2.04. The van der Waals surface area contributed by atoms with Crippen molar-refractivity contribution in [2.45, 2.75) is 32.1 Å². The fraction of sp³-hybridized carbons (Fsp3) is 0.429. The molecular formula is C14H19NO4. The van der Waals surface area contributed by atoms with Crippen LogP contribution in [0.5, 0.6) is 5.75 Å². The zero-order chi connectivity index (χ0) is 13.9. The zero-order valence-electron chi connectivity index (χ0n) is 10.8. The van der Waals surface area contributed by atoms with Crippen LogP contribution in [0.1, 0.15) is 32.1 Å². The number of rotatable bonds is 8. The van der Waals surface area contributed by atoms with E-state index in [1.165, 1.54) is 0 Å². The monoisotopic (exact) mass is 265 g/mol.